The lowest BCUT2D eigenvalue weighted by molar-refractivity contribution is 0.262. The van der Waals surface area contributed by atoms with Gasteiger partial charge in [-0.15, -0.1) is 0 Å². The smallest absolute Gasteiger partial charge is 0.323 e. The van der Waals surface area contributed by atoms with E-state index < -0.39 is 6.03 Å². The van der Waals surface area contributed by atoms with Crippen molar-refractivity contribution in [1.82, 2.24) is 19.4 Å². The number of nitrogens with zero attached hydrogens (tertiary/aromatic N) is 4. The minimum absolute atomic E-state index is 0.0175. The summed E-state index contributed by atoms with van der Waals surface area (Å²) in [5.74, 6) is 0.636. The average molecular weight is 553 g/mol. The summed E-state index contributed by atoms with van der Waals surface area (Å²) in [4.78, 5) is 26.0. The predicted octanol–water partition coefficient (Wildman–Crippen LogP) is 7.57. The van der Waals surface area contributed by atoms with Crippen LogP contribution in [0.15, 0.2) is 79.5 Å². The van der Waals surface area contributed by atoms with Crippen LogP contribution in [0, 0.1) is 0 Å². The molecule has 0 aliphatic rings. The van der Waals surface area contributed by atoms with Crippen molar-refractivity contribution in [2.24, 2.45) is 0 Å². The number of rotatable bonds is 6. The fourth-order valence-electron chi connectivity index (χ4n) is 3.77. The van der Waals surface area contributed by atoms with E-state index in [0.717, 1.165) is 11.1 Å². The predicted molar refractivity (Wildman–Crippen MR) is 149 cm³/mol. The number of urea groups is 1. The van der Waals surface area contributed by atoms with Crippen LogP contribution in [0.1, 0.15) is 18.5 Å². The van der Waals surface area contributed by atoms with Gasteiger partial charge in [0.1, 0.15) is 0 Å². The zero-order chi connectivity index (χ0) is 25.9. The van der Waals surface area contributed by atoms with E-state index in [0.29, 0.717) is 33.6 Å². The number of aromatic nitrogens is 4. The summed E-state index contributed by atoms with van der Waals surface area (Å²) in [5, 5.41) is 9.81. The molecule has 2 amide bonds. The van der Waals surface area contributed by atoms with Crippen molar-refractivity contribution in [2.45, 2.75) is 13.0 Å². The molecule has 3 N–H and O–H groups in total. The Labute approximate surface area is 227 Å². The molecule has 0 bridgehead atoms. The average Bonchev–Trinajstić information content (AvgIpc) is 3.37. The molecule has 2 aromatic carbocycles. The Morgan fingerprint density at radius 2 is 1.73 bits per heavy atom. The van der Waals surface area contributed by atoms with Crippen LogP contribution in [0.2, 0.25) is 15.1 Å². The molecule has 37 heavy (non-hydrogen) atoms. The Morgan fingerprint density at radius 1 is 0.946 bits per heavy atom. The maximum absolute atomic E-state index is 12.6. The number of amides is 2. The number of anilines is 3. The molecule has 5 aromatic rings. The molecule has 0 saturated heterocycles. The molecule has 5 rings (SSSR count). The number of imidazole rings is 1. The number of fused-ring (bicyclic) bond motifs is 1. The van der Waals surface area contributed by atoms with E-state index in [4.69, 9.17) is 39.8 Å². The third kappa shape index (κ3) is 5.61. The van der Waals surface area contributed by atoms with Gasteiger partial charge in [-0.3, -0.25) is 4.98 Å². The highest BCUT2D eigenvalue weighted by Gasteiger charge is 2.14. The van der Waals surface area contributed by atoms with E-state index in [1.54, 1.807) is 24.7 Å². The van der Waals surface area contributed by atoms with Crippen LogP contribution in [0.3, 0.4) is 0 Å². The van der Waals surface area contributed by atoms with Crippen LogP contribution in [0.4, 0.5) is 22.0 Å². The Bertz CT molecular complexity index is 1590. The molecule has 3 aromatic heterocycles. The second-order valence-corrected chi connectivity index (χ2v) is 9.41. The van der Waals surface area contributed by atoms with Gasteiger partial charge >= 0.3 is 6.03 Å². The molecule has 0 radical (unpaired) electrons. The molecular formula is C26H20Cl3N7O. The summed E-state index contributed by atoms with van der Waals surface area (Å²) >= 11 is 18.2. The van der Waals surface area contributed by atoms with E-state index >= 15 is 0 Å². The van der Waals surface area contributed by atoms with Crippen molar-refractivity contribution in [3.8, 4) is 11.3 Å². The fraction of sp³-hybridized carbons (Fsp3) is 0.0769. The molecule has 11 heteroatoms. The third-order valence-corrected chi connectivity index (χ3v) is 6.64. The molecule has 0 saturated carbocycles. The zero-order valence-electron chi connectivity index (χ0n) is 19.4. The number of benzene rings is 2. The molecule has 0 spiro atoms. The van der Waals surface area contributed by atoms with E-state index in [2.05, 4.69) is 25.9 Å². The van der Waals surface area contributed by atoms with Crippen LogP contribution in [0.25, 0.3) is 16.9 Å². The second kappa shape index (κ2) is 10.6. The van der Waals surface area contributed by atoms with Gasteiger partial charge in [0.05, 0.1) is 32.5 Å². The van der Waals surface area contributed by atoms with Gasteiger partial charge in [0.25, 0.3) is 0 Å². The molecule has 8 nitrogen and oxygen atoms in total. The van der Waals surface area contributed by atoms with Crippen LogP contribution in [0.5, 0.6) is 0 Å². The first-order valence-electron chi connectivity index (χ1n) is 11.2. The van der Waals surface area contributed by atoms with Gasteiger partial charge in [-0.05, 0) is 48.9 Å². The van der Waals surface area contributed by atoms with Crippen molar-refractivity contribution in [2.75, 3.05) is 16.0 Å². The van der Waals surface area contributed by atoms with Crippen LogP contribution < -0.4 is 16.0 Å². The molecule has 0 fully saturated rings. The first kappa shape index (κ1) is 24.8. The highest BCUT2D eigenvalue weighted by atomic mass is 35.5. The van der Waals surface area contributed by atoms with Crippen molar-refractivity contribution in [1.29, 1.82) is 0 Å². The van der Waals surface area contributed by atoms with E-state index in [1.807, 2.05) is 54.0 Å². The van der Waals surface area contributed by atoms with Gasteiger partial charge < -0.3 is 20.4 Å². The monoisotopic (exact) mass is 551 g/mol. The lowest BCUT2D eigenvalue weighted by atomic mass is 10.1. The van der Waals surface area contributed by atoms with Crippen LogP contribution >= 0.6 is 34.8 Å². The lowest BCUT2D eigenvalue weighted by Crippen LogP contribution is -2.19. The number of halogens is 3. The summed E-state index contributed by atoms with van der Waals surface area (Å²) < 4.78 is 1.91. The van der Waals surface area contributed by atoms with Crippen LogP contribution in [-0.2, 0) is 0 Å². The fourth-order valence-corrected chi connectivity index (χ4v) is 4.36. The summed E-state index contributed by atoms with van der Waals surface area (Å²) in [7, 11) is 0. The molecule has 1 unspecified atom stereocenters. The molecule has 0 aliphatic carbocycles. The highest BCUT2D eigenvalue weighted by Crippen LogP contribution is 2.32. The minimum atomic E-state index is -0.482. The van der Waals surface area contributed by atoms with E-state index in [1.165, 1.54) is 12.1 Å². The van der Waals surface area contributed by atoms with Gasteiger partial charge in [-0.1, -0.05) is 46.9 Å². The Hall–Kier alpha value is -3.85. The first-order valence-corrected chi connectivity index (χ1v) is 12.3. The topological polar surface area (TPSA) is 96.2 Å². The standard InChI is InChI=1S/C26H20Cl3N7O/c1-15(16-5-7-30-8-6-16)32-24-25-31-9-10-36(25)14-23(34-24)17-3-2-4-18(11-17)33-26(37)35-22-13-20(28)19(27)12-21(22)29/h2-15H,1H3,(H,32,34)(H2,33,35,37). The Balaban J connectivity index is 1.39. The summed E-state index contributed by atoms with van der Waals surface area (Å²) in [6.07, 6.45) is 8.98. The minimum Gasteiger partial charge on any atom is -0.360 e. The first-order chi connectivity index (χ1) is 17.9. The number of nitrogens with one attached hydrogen (secondary N) is 3. The van der Waals surface area contributed by atoms with Crippen molar-refractivity contribution >= 4 is 63.7 Å². The van der Waals surface area contributed by atoms with Gasteiger partial charge in [0.2, 0.25) is 0 Å². The second-order valence-electron chi connectivity index (χ2n) is 8.19. The normalized spacial score (nSPS) is 11.8. The number of hydrogen-bond acceptors (Lipinski definition) is 5. The largest absolute Gasteiger partial charge is 0.360 e. The number of carbonyl (C=O) groups is 1. The van der Waals surface area contributed by atoms with E-state index in [-0.39, 0.29) is 16.1 Å². The number of carbonyl (C=O) groups excluding carboxylic acids is 1. The molecule has 0 aliphatic heterocycles. The Morgan fingerprint density at radius 3 is 2.54 bits per heavy atom. The van der Waals surface area contributed by atoms with Gasteiger partial charge in [-0.2, -0.15) is 0 Å². The van der Waals surface area contributed by atoms with Crippen LogP contribution in [-0.4, -0.2) is 25.4 Å². The quantitative estimate of drug-likeness (QED) is 0.189. The van der Waals surface area contributed by atoms with Gasteiger partial charge in [0.15, 0.2) is 11.5 Å². The van der Waals surface area contributed by atoms with Gasteiger partial charge in [-0.25, -0.2) is 14.8 Å². The number of hydrogen-bond donors (Lipinski definition) is 3. The van der Waals surface area contributed by atoms with E-state index in [9.17, 15) is 4.79 Å². The molecule has 1 atom stereocenters. The highest BCUT2D eigenvalue weighted by molar-refractivity contribution is 6.44. The number of pyridine rings is 1. The summed E-state index contributed by atoms with van der Waals surface area (Å²) in [6, 6.07) is 13.7. The summed E-state index contributed by atoms with van der Waals surface area (Å²) in [5.41, 5.74) is 4.20. The zero-order valence-corrected chi connectivity index (χ0v) is 21.7. The third-order valence-electron chi connectivity index (χ3n) is 5.61. The SMILES string of the molecule is CC(Nc1nc(-c2cccc(NC(=O)Nc3cc(Cl)c(Cl)cc3Cl)c2)cn2ccnc12)c1ccncc1. The molecule has 186 valence electrons. The molecular weight excluding hydrogens is 533 g/mol. The van der Waals surface area contributed by atoms with Crippen molar-refractivity contribution < 1.29 is 4.79 Å². The molecule has 3 heterocycles. The van der Waals surface area contributed by atoms with Crippen molar-refractivity contribution in [3.05, 3.63) is 100 Å². The van der Waals surface area contributed by atoms with Gasteiger partial charge in [0, 0.05) is 42.2 Å². The maximum Gasteiger partial charge on any atom is 0.323 e. The lowest BCUT2D eigenvalue weighted by Gasteiger charge is -2.16. The summed E-state index contributed by atoms with van der Waals surface area (Å²) in [6.45, 7) is 2.05. The van der Waals surface area contributed by atoms with Crippen molar-refractivity contribution in [3.63, 3.8) is 0 Å². The maximum atomic E-state index is 12.6. The Kier molecular flexibility index (Phi) is 7.14.